The molecule has 0 unspecified atom stereocenters. The maximum absolute atomic E-state index is 13.6. The van der Waals surface area contributed by atoms with E-state index in [0.29, 0.717) is 0 Å². The second kappa shape index (κ2) is 5.53. The van der Waals surface area contributed by atoms with Crippen molar-refractivity contribution in [3.8, 4) is 5.75 Å². The molecule has 110 valence electrons. The van der Waals surface area contributed by atoms with Gasteiger partial charge in [-0.3, -0.25) is 10.1 Å². The molecule has 0 aliphatic heterocycles. The Balaban J connectivity index is 2.25. The molecule has 0 amide bonds. The molecule has 9 nitrogen and oxygen atoms in total. The quantitative estimate of drug-likeness (QED) is 0.615. The van der Waals surface area contributed by atoms with Gasteiger partial charge in [0.1, 0.15) is 6.20 Å². The number of imidazole rings is 1. The number of benzene rings is 1. The van der Waals surface area contributed by atoms with Crippen LogP contribution in [0.5, 0.6) is 5.75 Å². The molecular weight excluding hydrogens is 287 g/mol. The topological polar surface area (TPSA) is 113 Å². The van der Waals surface area contributed by atoms with Crippen molar-refractivity contribution in [1.82, 2.24) is 9.55 Å². The van der Waals surface area contributed by atoms with Crippen LogP contribution < -0.4 is 4.74 Å². The summed E-state index contributed by atoms with van der Waals surface area (Å²) in [5, 5.41) is 21.5. The van der Waals surface area contributed by atoms with Gasteiger partial charge >= 0.3 is 11.5 Å². The molecule has 0 spiro atoms. The van der Waals surface area contributed by atoms with Gasteiger partial charge in [0.15, 0.2) is 12.4 Å². The molecule has 1 aromatic carbocycles. The number of hydrogen-bond acceptors (Lipinski definition) is 6. The Morgan fingerprint density at radius 3 is 2.62 bits per heavy atom. The summed E-state index contributed by atoms with van der Waals surface area (Å²) in [5.74, 6) is -1.56. The highest BCUT2D eigenvalue weighted by molar-refractivity contribution is 5.46. The number of rotatable bonds is 5. The van der Waals surface area contributed by atoms with Crippen LogP contribution in [0.4, 0.5) is 15.9 Å². The fourth-order valence-corrected chi connectivity index (χ4v) is 1.66. The molecule has 1 heterocycles. The van der Waals surface area contributed by atoms with Gasteiger partial charge in [-0.25, -0.2) is 13.9 Å². The Labute approximate surface area is 116 Å². The van der Waals surface area contributed by atoms with Crippen molar-refractivity contribution in [2.75, 3.05) is 0 Å². The first kappa shape index (κ1) is 14.4. The number of nitro groups is 2. The van der Waals surface area contributed by atoms with Crippen molar-refractivity contribution < 1.29 is 19.0 Å². The Morgan fingerprint density at radius 1 is 1.33 bits per heavy atom. The summed E-state index contributed by atoms with van der Waals surface area (Å²) >= 11 is 0. The lowest BCUT2D eigenvalue weighted by molar-refractivity contribution is -0.391. The molecule has 0 saturated carbocycles. The Bertz CT molecular complexity index is 715. The number of nitrogens with zero attached hydrogens (tertiary/aromatic N) is 4. The first-order valence-corrected chi connectivity index (χ1v) is 5.62. The molecule has 10 heteroatoms. The third kappa shape index (κ3) is 2.78. The van der Waals surface area contributed by atoms with E-state index in [1.807, 2.05) is 0 Å². The standard InChI is InChI=1S/C11H9FN4O5/c1-14-9(13-5-10(14)16(19)20)6-21-11-7(12)3-2-4-8(11)15(17)18/h2-5H,6H2,1H3. The lowest BCUT2D eigenvalue weighted by atomic mass is 10.3. The fourth-order valence-electron chi connectivity index (χ4n) is 1.66. The second-order valence-corrected chi connectivity index (χ2v) is 3.98. The molecule has 0 radical (unpaired) electrons. The number of para-hydroxylation sites is 1. The van der Waals surface area contributed by atoms with Gasteiger partial charge in [-0.2, -0.15) is 0 Å². The van der Waals surface area contributed by atoms with E-state index < -0.39 is 27.1 Å². The van der Waals surface area contributed by atoms with Crippen LogP contribution in [-0.4, -0.2) is 19.4 Å². The van der Waals surface area contributed by atoms with Crippen molar-refractivity contribution in [2.45, 2.75) is 6.61 Å². The Morgan fingerprint density at radius 2 is 2.05 bits per heavy atom. The lowest BCUT2D eigenvalue weighted by Gasteiger charge is -2.06. The van der Waals surface area contributed by atoms with Crippen molar-refractivity contribution >= 4 is 11.5 Å². The molecule has 0 bridgehead atoms. The van der Waals surface area contributed by atoms with E-state index in [0.717, 1.165) is 22.9 Å². The number of halogens is 1. The van der Waals surface area contributed by atoms with Gasteiger partial charge < -0.3 is 14.9 Å². The Kier molecular flexibility index (Phi) is 3.78. The van der Waals surface area contributed by atoms with Gasteiger partial charge in [0.25, 0.3) is 0 Å². The van der Waals surface area contributed by atoms with E-state index in [1.54, 1.807) is 0 Å². The fraction of sp³-hybridized carbons (Fsp3) is 0.182. The SMILES string of the molecule is Cn1c([N+](=O)[O-])cnc1COc1c(F)cccc1[N+](=O)[O-]. The summed E-state index contributed by atoms with van der Waals surface area (Å²) in [6.45, 7) is -0.341. The van der Waals surface area contributed by atoms with Crippen LogP contribution >= 0.6 is 0 Å². The van der Waals surface area contributed by atoms with Crippen LogP contribution in [0.3, 0.4) is 0 Å². The van der Waals surface area contributed by atoms with E-state index >= 15 is 0 Å². The maximum Gasteiger partial charge on any atom is 0.342 e. The number of nitro benzene ring substituents is 1. The predicted molar refractivity (Wildman–Crippen MR) is 67.2 cm³/mol. The third-order valence-corrected chi connectivity index (χ3v) is 2.74. The minimum atomic E-state index is -0.895. The first-order chi connectivity index (χ1) is 9.91. The van der Waals surface area contributed by atoms with E-state index in [1.165, 1.54) is 13.1 Å². The summed E-state index contributed by atoms with van der Waals surface area (Å²) in [4.78, 5) is 23.8. The average Bonchev–Trinajstić information content (AvgIpc) is 2.78. The highest BCUT2D eigenvalue weighted by Crippen LogP contribution is 2.30. The summed E-state index contributed by atoms with van der Waals surface area (Å²) in [5.41, 5.74) is -0.529. The molecule has 2 aromatic rings. The molecule has 0 saturated heterocycles. The van der Waals surface area contributed by atoms with Crippen LogP contribution in [0, 0.1) is 26.0 Å². The summed E-state index contributed by atoms with van der Waals surface area (Å²) < 4.78 is 19.8. The van der Waals surface area contributed by atoms with Gasteiger partial charge in [-0.15, -0.1) is 0 Å². The summed E-state index contributed by atoms with van der Waals surface area (Å²) in [6, 6.07) is 3.30. The van der Waals surface area contributed by atoms with Gasteiger partial charge in [-0.05, 0) is 11.0 Å². The highest BCUT2D eigenvalue weighted by Gasteiger charge is 2.22. The van der Waals surface area contributed by atoms with Crippen LogP contribution in [0.1, 0.15) is 5.82 Å². The van der Waals surface area contributed by atoms with Crippen LogP contribution in [0.15, 0.2) is 24.4 Å². The summed E-state index contributed by atoms with van der Waals surface area (Å²) in [7, 11) is 1.39. The average molecular weight is 296 g/mol. The van der Waals surface area contributed by atoms with Crippen molar-refractivity contribution in [1.29, 1.82) is 0 Å². The summed E-state index contributed by atoms with van der Waals surface area (Å²) in [6.07, 6.45) is 1.02. The van der Waals surface area contributed by atoms with Crippen LogP contribution in [0.25, 0.3) is 0 Å². The minimum Gasteiger partial charge on any atom is -0.474 e. The molecule has 21 heavy (non-hydrogen) atoms. The molecule has 0 N–H and O–H groups in total. The third-order valence-electron chi connectivity index (χ3n) is 2.74. The normalized spacial score (nSPS) is 10.4. The Hall–Kier alpha value is -3.04. The number of ether oxygens (including phenoxy) is 1. The zero-order chi connectivity index (χ0) is 15.6. The van der Waals surface area contributed by atoms with Gasteiger partial charge in [0.05, 0.1) is 12.0 Å². The molecule has 2 rings (SSSR count). The van der Waals surface area contributed by atoms with Gasteiger partial charge in [0, 0.05) is 6.07 Å². The van der Waals surface area contributed by atoms with E-state index in [2.05, 4.69) is 4.98 Å². The first-order valence-electron chi connectivity index (χ1n) is 5.62. The van der Waals surface area contributed by atoms with E-state index in [4.69, 9.17) is 4.74 Å². The van der Waals surface area contributed by atoms with Crippen LogP contribution in [0.2, 0.25) is 0 Å². The zero-order valence-electron chi connectivity index (χ0n) is 10.7. The van der Waals surface area contributed by atoms with E-state index in [-0.39, 0.29) is 18.2 Å². The van der Waals surface area contributed by atoms with Crippen LogP contribution in [-0.2, 0) is 13.7 Å². The maximum atomic E-state index is 13.6. The monoisotopic (exact) mass is 296 g/mol. The minimum absolute atomic E-state index is 0.138. The lowest BCUT2D eigenvalue weighted by Crippen LogP contribution is -2.07. The number of hydrogen-bond donors (Lipinski definition) is 0. The predicted octanol–water partition coefficient (Wildman–Crippen LogP) is 1.95. The number of aromatic nitrogens is 2. The molecule has 0 atom stereocenters. The highest BCUT2D eigenvalue weighted by atomic mass is 19.1. The second-order valence-electron chi connectivity index (χ2n) is 3.98. The smallest absolute Gasteiger partial charge is 0.342 e. The van der Waals surface area contributed by atoms with Crippen molar-refractivity contribution in [2.24, 2.45) is 7.05 Å². The van der Waals surface area contributed by atoms with Gasteiger partial charge in [0.2, 0.25) is 11.6 Å². The van der Waals surface area contributed by atoms with E-state index in [9.17, 15) is 24.6 Å². The van der Waals surface area contributed by atoms with Gasteiger partial charge in [-0.1, -0.05) is 6.07 Å². The molecular formula is C11H9FN4O5. The molecule has 1 aromatic heterocycles. The van der Waals surface area contributed by atoms with Crippen molar-refractivity contribution in [3.05, 3.63) is 56.3 Å². The molecule has 0 aliphatic carbocycles. The zero-order valence-corrected chi connectivity index (χ0v) is 10.7. The molecule has 0 fully saturated rings. The van der Waals surface area contributed by atoms with Crippen molar-refractivity contribution in [3.63, 3.8) is 0 Å². The molecule has 0 aliphatic rings. The largest absolute Gasteiger partial charge is 0.474 e.